The smallest absolute Gasteiger partial charge is 0.254 e. The van der Waals surface area contributed by atoms with Gasteiger partial charge in [0.1, 0.15) is 11.8 Å². The molecule has 2 aromatic rings. The minimum atomic E-state index is -0.924. The lowest BCUT2D eigenvalue weighted by Gasteiger charge is -2.25. The Morgan fingerprint density at radius 2 is 1.90 bits per heavy atom. The van der Waals surface area contributed by atoms with Crippen LogP contribution in [-0.4, -0.2) is 28.4 Å². The van der Waals surface area contributed by atoms with Gasteiger partial charge in [-0.25, -0.2) is 8.78 Å². The number of aromatic nitrogens is 1. The Morgan fingerprint density at radius 1 is 1.21 bits per heavy atom. The molecule has 29 heavy (non-hydrogen) atoms. The van der Waals surface area contributed by atoms with Crippen molar-refractivity contribution in [1.29, 1.82) is 0 Å². The normalized spacial score (nSPS) is 23.1. The standard InChI is InChI=1S/C22H24F2N2O3/c1-11-15(6-7-16(23)19(11)24)18-12(2)22(4,5)29-20(18)21(28)26-14-8-9-25-17(10-14)13(3)27/h6-10,12,18,20H,1-5H3,(H,25,26,28)/t12-,18-,20+/m0/s1. The van der Waals surface area contributed by atoms with E-state index in [1.54, 1.807) is 6.07 Å². The minimum absolute atomic E-state index is 0.132. The molecule has 3 atom stereocenters. The molecule has 0 spiro atoms. The third-order valence-electron chi connectivity index (χ3n) is 5.78. The third-order valence-corrected chi connectivity index (χ3v) is 5.78. The summed E-state index contributed by atoms with van der Waals surface area (Å²) < 4.78 is 33.9. The van der Waals surface area contributed by atoms with Gasteiger partial charge in [0.2, 0.25) is 0 Å². The predicted molar refractivity (Wildman–Crippen MR) is 105 cm³/mol. The zero-order valence-corrected chi connectivity index (χ0v) is 17.0. The number of carbonyl (C=O) groups excluding carboxylic acids is 2. The van der Waals surface area contributed by atoms with Crippen LogP contribution in [0.25, 0.3) is 0 Å². The number of nitrogens with zero attached hydrogens (tertiary/aromatic N) is 1. The summed E-state index contributed by atoms with van der Waals surface area (Å²) in [6, 6.07) is 5.65. The number of amides is 1. The SMILES string of the molecule is CC(=O)c1cc(NC(=O)[C@@H]2OC(C)(C)[C@@H](C)[C@H]2c2ccc(F)c(F)c2C)ccn1. The van der Waals surface area contributed by atoms with Crippen LogP contribution in [0.1, 0.15) is 55.2 Å². The number of ether oxygens (including phenoxy) is 1. The average molecular weight is 402 g/mol. The van der Waals surface area contributed by atoms with Crippen molar-refractivity contribution in [2.45, 2.75) is 52.2 Å². The summed E-state index contributed by atoms with van der Waals surface area (Å²) in [5.41, 5.74) is 0.714. The summed E-state index contributed by atoms with van der Waals surface area (Å²) in [7, 11) is 0. The highest BCUT2D eigenvalue weighted by molar-refractivity contribution is 5.97. The highest BCUT2D eigenvalue weighted by Crippen LogP contribution is 2.47. The van der Waals surface area contributed by atoms with E-state index >= 15 is 0 Å². The molecule has 1 fully saturated rings. The van der Waals surface area contributed by atoms with Crippen molar-refractivity contribution in [2.24, 2.45) is 5.92 Å². The molecule has 0 bridgehead atoms. The predicted octanol–water partition coefficient (Wildman–Crippen LogP) is 4.41. The van der Waals surface area contributed by atoms with Crippen molar-refractivity contribution in [3.63, 3.8) is 0 Å². The van der Waals surface area contributed by atoms with Gasteiger partial charge in [0.25, 0.3) is 5.91 Å². The fourth-order valence-corrected chi connectivity index (χ4v) is 3.79. The third kappa shape index (κ3) is 3.92. The molecule has 154 valence electrons. The summed E-state index contributed by atoms with van der Waals surface area (Å²) in [6.07, 6.45) is 0.531. The number of carbonyl (C=O) groups is 2. The van der Waals surface area contributed by atoms with Gasteiger partial charge in [0.15, 0.2) is 17.4 Å². The molecule has 1 amide bonds. The minimum Gasteiger partial charge on any atom is -0.362 e. The molecule has 0 unspecified atom stereocenters. The van der Waals surface area contributed by atoms with Crippen LogP contribution in [0.15, 0.2) is 30.5 Å². The van der Waals surface area contributed by atoms with E-state index in [0.29, 0.717) is 11.3 Å². The number of nitrogens with one attached hydrogen (secondary N) is 1. The second-order valence-corrected chi connectivity index (χ2v) is 8.01. The number of rotatable bonds is 4. The largest absolute Gasteiger partial charge is 0.362 e. The van der Waals surface area contributed by atoms with Crippen molar-refractivity contribution in [2.75, 3.05) is 5.32 Å². The lowest BCUT2D eigenvalue weighted by molar-refractivity contribution is -0.131. The molecular formula is C22H24F2N2O3. The Labute approximate surface area is 168 Å². The number of Topliss-reactive ketones (excluding diaryl/α,β-unsaturated/α-hetero) is 1. The van der Waals surface area contributed by atoms with E-state index in [9.17, 15) is 18.4 Å². The van der Waals surface area contributed by atoms with E-state index in [-0.39, 0.29) is 23.0 Å². The van der Waals surface area contributed by atoms with Crippen LogP contribution in [0.5, 0.6) is 0 Å². The fraction of sp³-hybridized carbons (Fsp3) is 0.409. The number of pyridine rings is 1. The molecule has 0 saturated carbocycles. The second kappa shape index (κ2) is 7.63. The molecule has 3 rings (SSSR count). The Balaban J connectivity index is 1.96. The fourth-order valence-electron chi connectivity index (χ4n) is 3.79. The van der Waals surface area contributed by atoms with E-state index in [4.69, 9.17) is 4.74 Å². The molecule has 1 N–H and O–H groups in total. The molecule has 7 heteroatoms. The van der Waals surface area contributed by atoms with Crippen LogP contribution in [0.2, 0.25) is 0 Å². The number of halogens is 2. The van der Waals surface area contributed by atoms with Crippen molar-refractivity contribution in [3.8, 4) is 0 Å². The highest BCUT2D eigenvalue weighted by atomic mass is 19.2. The molecule has 2 heterocycles. The molecule has 0 aliphatic carbocycles. The number of anilines is 1. The van der Waals surface area contributed by atoms with E-state index in [1.165, 1.54) is 32.2 Å². The second-order valence-electron chi connectivity index (χ2n) is 8.01. The van der Waals surface area contributed by atoms with Crippen molar-refractivity contribution in [3.05, 3.63) is 58.9 Å². The highest BCUT2D eigenvalue weighted by Gasteiger charge is 2.51. The molecule has 1 aromatic heterocycles. The number of hydrogen-bond acceptors (Lipinski definition) is 4. The van der Waals surface area contributed by atoms with Crippen molar-refractivity contribution in [1.82, 2.24) is 4.98 Å². The topological polar surface area (TPSA) is 68.3 Å². The van der Waals surface area contributed by atoms with E-state index in [2.05, 4.69) is 10.3 Å². The van der Waals surface area contributed by atoms with E-state index < -0.39 is 35.2 Å². The summed E-state index contributed by atoms with van der Waals surface area (Å²) in [5, 5.41) is 2.76. The quantitative estimate of drug-likeness (QED) is 0.770. The zero-order chi connectivity index (χ0) is 21.5. The van der Waals surface area contributed by atoms with Crippen LogP contribution < -0.4 is 5.32 Å². The molecule has 0 radical (unpaired) electrons. The number of hydrogen-bond donors (Lipinski definition) is 1. The van der Waals surface area contributed by atoms with Gasteiger partial charge in [-0.3, -0.25) is 14.6 Å². The Bertz CT molecular complexity index is 975. The lowest BCUT2D eigenvalue weighted by Crippen LogP contribution is -2.33. The van der Waals surface area contributed by atoms with E-state index in [1.807, 2.05) is 20.8 Å². The van der Waals surface area contributed by atoms with Crippen LogP contribution in [-0.2, 0) is 9.53 Å². The molecule has 1 aromatic carbocycles. The molecule has 1 saturated heterocycles. The van der Waals surface area contributed by atoms with Gasteiger partial charge in [-0.1, -0.05) is 13.0 Å². The van der Waals surface area contributed by atoms with Crippen LogP contribution >= 0.6 is 0 Å². The van der Waals surface area contributed by atoms with Gasteiger partial charge in [-0.2, -0.15) is 0 Å². The van der Waals surface area contributed by atoms with E-state index in [0.717, 1.165) is 6.07 Å². The number of ketones is 1. The molecular weight excluding hydrogens is 378 g/mol. The maximum absolute atomic E-state index is 14.2. The van der Waals surface area contributed by atoms with Crippen LogP contribution in [0, 0.1) is 24.5 Å². The summed E-state index contributed by atoms with van der Waals surface area (Å²) in [4.78, 5) is 28.6. The van der Waals surface area contributed by atoms with Gasteiger partial charge < -0.3 is 10.1 Å². The van der Waals surface area contributed by atoms with Crippen molar-refractivity contribution < 1.29 is 23.1 Å². The first kappa shape index (κ1) is 21.0. The van der Waals surface area contributed by atoms with Gasteiger partial charge in [0, 0.05) is 24.7 Å². The van der Waals surface area contributed by atoms with Crippen LogP contribution in [0.3, 0.4) is 0 Å². The Morgan fingerprint density at radius 3 is 2.55 bits per heavy atom. The maximum Gasteiger partial charge on any atom is 0.254 e. The first-order valence-electron chi connectivity index (χ1n) is 9.43. The van der Waals surface area contributed by atoms with Crippen molar-refractivity contribution >= 4 is 17.4 Å². The maximum atomic E-state index is 14.2. The summed E-state index contributed by atoms with van der Waals surface area (Å²) in [5.74, 6) is -3.08. The van der Waals surface area contributed by atoms with Gasteiger partial charge >= 0.3 is 0 Å². The first-order chi connectivity index (χ1) is 13.5. The van der Waals surface area contributed by atoms with Gasteiger partial charge in [-0.05, 0) is 56.0 Å². The number of benzene rings is 1. The Hall–Kier alpha value is -2.67. The van der Waals surface area contributed by atoms with Crippen LogP contribution in [0.4, 0.5) is 14.5 Å². The zero-order valence-electron chi connectivity index (χ0n) is 17.0. The molecule has 5 nitrogen and oxygen atoms in total. The monoisotopic (exact) mass is 402 g/mol. The van der Waals surface area contributed by atoms with Gasteiger partial charge in [-0.15, -0.1) is 0 Å². The Kier molecular flexibility index (Phi) is 5.54. The summed E-state index contributed by atoms with van der Waals surface area (Å²) >= 11 is 0. The molecule has 1 aliphatic rings. The average Bonchev–Trinajstić information content (AvgIpc) is 2.90. The van der Waals surface area contributed by atoms with Gasteiger partial charge in [0.05, 0.1) is 5.60 Å². The molecule has 1 aliphatic heterocycles. The lowest BCUT2D eigenvalue weighted by atomic mass is 9.77. The first-order valence-corrected chi connectivity index (χ1v) is 9.43. The summed E-state index contributed by atoms with van der Waals surface area (Å²) in [6.45, 7) is 8.56.